The number of amides is 1. The van der Waals surface area contributed by atoms with Crippen molar-refractivity contribution in [3.8, 4) is 5.75 Å². The number of methoxy groups -OCH3 is 1. The van der Waals surface area contributed by atoms with Gasteiger partial charge in [0.1, 0.15) is 5.75 Å². The highest BCUT2D eigenvalue weighted by molar-refractivity contribution is 7.92. The van der Waals surface area contributed by atoms with E-state index in [1.54, 1.807) is 31.4 Å². The van der Waals surface area contributed by atoms with Crippen LogP contribution in [0.4, 0.5) is 0 Å². The lowest BCUT2D eigenvalue weighted by atomic mass is 9.94. The number of hydrogen-bond donors (Lipinski definition) is 0. The highest BCUT2D eigenvalue weighted by Gasteiger charge is 2.32. The summed E-state index contributed by atoms with van der Waals surface area (Å²) in [5.41, 5.74) is 1.20. The van der Waals surface area contributed by atoms with Gasteiger partial charge in [-0.15, -0.1) is 0 Å². The molecular formula is C29H29NO4S. The molecular weight excluding hydrogens is 458 g/mol. The van der Waals surface area contributed by atoms with Crippen molar-refractivity contribution in [3.63, 3.8) is 0 Å². The number of benzene rings is 4. The molecule has 0 spiro atoms. The molecule has 1 aliphatic heterocycles. The molecule has 35 heavy (non-hydrogen) atoms. The van der Waals surface area contributed by atoms with Crippen molar-refractivity contribution in [3.05, 3.63) is 84.4 Å². The van der Waals surface area contributed by atoms with Crippen LogP contribution in [0.2, 0.25) is 0 Å². The van der Waals surface area contributed by atoms with Gasteiger partial charge < -0.3 is 9.64 Å². The molecule has 5 rings (SSSR count). The minimum absolute atomic E-state index is 0.0855. The molecule has 0 unspecified atom stereocenters. The topological polar surface area (TPSA) is 63.7 Å². The molecule has 4 aromatic rings. The van der Waals surface area contributed by atoms with Crippen LogP contribution in [-0.2, 0) is 21.1 Å². The summed E-state index contributed by atoms with van der Waals surface area (Å²) in [5, 5.41) is 4.25. The van der Waals surface area contributed by atoms with Gasteiger partial charge in [0.15, 0.2) is 9.84 Å². The monoisotopic (exact) mass is 487 g/mol. The number of carbonyl (C=O) groups is 1. The van der Waals surface area contributed by atoms with Crippen LogP contribution in [0.25, 0.3) is 21.5 Å². The maximum atomic E-state index is 13.1. The van der Waals surface area contributed by atoms with Gasteiger partial charge in [-0.3, -0.25) is 4.79 Å². The van der Waals surface area contributed by atoms with Crippen molar-refractivity contribution in [1.29, 1.82) is 0 Å². The molecule has 0 atom stereocenters. The van der Waals surface area contributed by atoms with Gasteiger partial charge in [-0.1, -0.05) is 48.5 Å². The molecule has 1 heterocycles. The molecule has 1 amide bonds. The molecule has 4 aromatic carbocycles. The van der Waals surface area contributed by atoms with Gasteiger partial charge >= 0.3 is 0 Å². The molecule has 180 valence electrons. The molecule has 6 heteroatoms. The van der Waals surface area contributed by atoms with Crippen molar-refractivity contribution in [1.82, 2.24) is 4.90 Å². The average molecular weight is 488 g/mol. The summed E-state index contributed by atoms with van der Waals surface area (Å²) in [7, 11) is -1.88. The van der Waals surface area contributed by atoms with Crippen LogP contribution in [-0.4, -0.2) is 44.7 Å². The Labute approximate surface area is 206 Å². The second kappa shape index (κ2) is 9.70. The van der Waals surface area contributed by atoms with Crippen molar-refractivity contribution in [2.24, 2.45) is 0 Å². The van der Waals surface area contributed by atoms with Gasteiger partial charge in [-0.05, 0) is 76.7 Å². The van der Waals surface area contributed by atoms with Crippen molar-refractivity contribution in [2.75, 3.05) is 20.2 Å². The molecule has 1 aliphatic rings. The number of carbonyl (C=O) groups excluding carboxylic acids is 1. The quantitative estimate of drug-likeness (QED) is 0.342. The molecule has 5 nitrogen and oxygen atoms in total. The zero-order valence-corrected chi connectivity index (χ0v) is 20.6. The Bertz CT molecular complexity index is 1420. The van der Waals surface area contributed by atoms with Gasteiger partial charge in [-0.25, -0.2) is 8.42 Å². The first-order valence-corrected chi connectivity index (χ1v) is 13.6. The zero-order valence-electron chi connectivity index (χ0n) is 19.8. The number of ether oxygens (including phenoxy) is 1. The van der Waals surface area contributed by atoms with Crippen LogP contribution >= 0.6 is 0 Å². The van der Waals surface area contributed by atoms with E-state index in [9.17, 15) is 13.2 Å². The standard InChI is InChI=1S/C29H29NO4S/c1-34-23-10-12-24(13-11-23)35(32,33)25-16-18-30(19-17-25)29(31)15-14-28-26-8-4-2-6-21(26)20-22-7-3-5-9-27(22)28/h2-13,20,25H,14-19H2,1H3. The molecule has 0 aliphatic carbocycles. The molecule has 0 saturated carbocycles. The maximum absolute atomic E-state index is 13.1. The summed E-state index contributed by atoms with van der Waals surface area (Å²) in [4.78, 5) is 15.2. The summed E-state index contributed by atoms with van der Waals surface area (Å²) in [6, 6.07) is 25.4. The van der Waals surface area contributed by atoms with E-state index in [0.29, 0.717) is 49.4 Å². The highest BCUT2D eigenvalue weighted by Crippen LogP contribution is 2.30. The SMILES string of the molecule is COc1ccc(S(=O)(=O)C2CCN(C(=O)CCc3c4ccccc4cc4ccccc34)CC2)cc1. The molecule has 0 radical (unpaired) electrons. The van der Waals surface area contributed by atoms with Crippen LogP contribution in [0, 0.1) is 0 Å². The van der Waals surface area contributed by atoms with Crippen molar-refractivity contribution >= 4 is 37.3 Å². The van der Waals surface area contributed by atoms with Gasteiger partial charge in [0.25, 0.3) is 0 Å². The van der Waals surface area contributed by atoms with Crippen molar-refractivity contribution in [2.45, 2.75) is 35.8 Å². The number of rotatable bonds is 6. The minimum Gasteiger partial charge on any atom is -0.497 e. The van der Waals surface area contributed by atoms with Crippen LogP contribution in [0.1, 0.15) is 24.8 Å². The minimum atomic E-state index is -3.43. The first-order valence-electron chi connectivity index (χ1n) is 12.0. The summed E-state index contributed by atoms with van der Waals surface area (Å²) in [5.74, 6) is 0.714. The Hall–Kier alpha value is -3.38. The Morgan fingerprint density at radius 3 is 2.03 bits per heavy atom. The Morgan fingerprint density at radius 2 is 1.46 bits per heavy atom. The Morgan fingerprint density at radius 1 is 0.886 bits per heavy atom. The van der Waals surface area contributed by atoms with Gasteiger partial charge in [0.05, 0.1) is 17.3 Å². The predicted molar refractivity (Wildman–Crippen MR) is 140 cm³/mol. The third-order valence-electron chi connectivity index (χ3n) is 7.09. The van der Waals surface area contributed by atoms with E-state index in [-0.39, 0.29) is 5.91 Å². The van der Waals surface area contributed by atoms with E-state index < -0.39 is 15.1 Å². The highest BCUT2D eigenvalue weighted by atomic mass is 32.2. The van der Waals surface area contributed by atoms with Gasteiger partial charge in [0.2, 0.25) is 5.91 Å². The van der Waals surface area contributed by atoms with E-state index >= 15 is 0 Å². The van der Waals surface area contributed by atoms with Crippen LogP contribution < -0.4 is 4.74 Å². The third-order valence-corrected chi connectivity index (χ3v) is 9.37. The number of hydrogen-bond acceptors (Lipinski definition) is 4. The fraction of sp³-hybridized carbons (Fsp3) is 0.276. The second-order valence-corrected chi connectivity index (χ2v) is 11.3. The fourth-order valence-electron chi connectivity index (χ4n) is 5.14. The number of piperidine rings is 1. The van der Waals surface area contributed by atoms with E-state index in [2.05, 4.69) is 30.3 Å². The predicted octanol–water partition coefficient (Wildman–Crippen LogP) is 5.40. The first kappa shape index (κ1) is 23.4. The Balaban J connectivity index is 1.26. The molecule has 0 bridgehead atoms. The summed E-state index contributed by atoms with van der Waals surface area (Å²) in [6.45, 7) is 0.935. The van der Waals surface area contributed by atoms with E-state index in [1.807, 2.05) is 29.2 Å². The molecule has 1 saturated heterocycles. The number of fused-ring (bicyclic) bond motifs is 2. The number of nitrogens with zero attached hydrogens (tertiary/aromatic N) is 1. The summed E-state index contributed by atoms with van der Waals surface area (Å²) >= 11 is 0. The largest absolute Gasteiger partial charge is 0.497 e. The average Bonchev–Trinajstić information content (AvgIpc) is 2.91. The van der Waals surface area contributed by atoms with Crippen LogP contribution in [0.3, 0.4) is 0 Å². The number of aryl methyl sites for hydroxylation is 1. The van der Waals surface area contributed by atoms with E-state index in [1.165, 1.54) is 27.1 Å². The third kappa shape index (κ3) is 4.63. The molecule has 0 N–H and O–H groups in total. The smallest absolute Gasteiger partial charge is 0.222 e. The second-order valence-electron chi connectivity index (χ2n) is 9.10. The van der Waals surface area contributed by atoms with Crippen LogP contribution in [0.5, 0.6) is 5.75 Å². The lowest BCUT2D eigenvalue weighted by molar-refractivity contribution is -0.131. The molecule has 0 aromatic heterocycles. The number of sulfone groups is 1. The maximum Gasteiger partial charge on any atom is 0.222 e. The van der Waals surface area contributed by atoms with E-state index in [0.717, 1.165) is 0 Å². The summed E-state index contributed by atoms with van der Waals surface area (Å²) < 4.78 is 31.3. The fourth-order valence-corrected chi connectivity index (χ4v) is 6.87. The lowest BCUT2D eigenvalue weighted by Crippen LogP contribution is -2.42. The molecule has 1 fully saturated rings. The van der Waals surface area contributed by atoms with Crippen LogP contribution in [0.15, 0.2) is 83.8 Å². The zero-order chi connectivity index (χ0) is 24.4. The first-order chi connectivity index (χ1) is 17.0. The van der Waals surface area contributed by atoms with E-state index in [4.69, 9.17) is 4.74 Å². The van der Waals surface area contributed by atoms with Gasteiger partial charge in [-0.2, -0.15) is 0 Å². The lowest BCUT2D eigenvalue weighted by Gasteiger charge is -2.32. The number of likely N-dealkylation sites (tertiary alicyclic amines) is 1. The Kier molecular flexibility index (Phi) is 6.48. The van der Waals surface area contributed by atoms with Gasteiger partial charge in [0, 0.05) is 19.5 Å². The normalized spacial score (nSPS) is 14.9. The van der Waals surface area contributed by atoms with Crippen molar-refractivity contribution < 1.29 is 17.9 Å². The summed E-state index contributed by atoms with van der Waals surface area (Å²) in [6.07, 6.45) is 1.98.